The molecule has 28 heavy (non-hydrogen) atoms. The van der Waals surface area contributed by atoms with E-state index in [9.17, 15) is 22.4 Å². The lowest BCUT2D eigenvalue weighted by atomic mass is 10.1. The van der Waals surface area contributed by atoms with Crippen LogP contribution in [0.2, 0.25) is 0 Å². The van der Waals surface area contributed by atoms with Crippen molar-refractivity contribution in [2.45, 2.75) is 24.2 Å². The molecule has 0 saturated carbocycles. The van der Waals surface area contributed by atoms with Crippen LogP contribution < -0.4 is 10.0 Å². The Labute approximate surface area is 161 Å². The SMILES string of the molecule is O=C(COC(=O)CNS(=O)(=O)c1ccccc1F)Nc1ccc2c(c1)CCC2. The van der Waals surface area contributed by atoms with Crippen molar-refractivity contribution in [3.05, 3.63) is 59.4 Å². The Morgan fingerprint density at radius 2 is 1.82 bits per heavy atom. The number of hydrogen-bond donors (Lipinski definition) is 2. The van der Waals surface area contributed by atoms with Gasteiger partial charge in [-0.15, -0.1) is 0 Å². The van der Waals surface area contributed by atoms with E-state index in [1.54, 1.807) is 6.07 Å². The van der Waals surface area contributed by atoms with Crippen LogP contribution in [0.1, 0.15) is 17.5 Å². The number of aryl methyl sites for hydroxylation is 2. The van der Waals surface area contributed by atoms with Gasteiger partial charge in [0.1, 0.15) is 17.3 Å². The second-order valence-electron chi connectivity index (χ2n) is 6.30. The highest BCUT2D eigenvalue weighted by atomic mass is 32.2. The monoisotopic (exact) mass is 406 g/mol. The van der Waals surface area contributed by atoms with Gasteiger partial charge in [-0.05, 0) is 54.7 Å². The zero-order chi connectivity index (χ0) is 20.1. The molecule has 2 N–H and O–H groups in total. The van der Waals surface area contributed by atoms with E-state index >= 15 is 0 Å². The first-order chi connectivity index (χ1) is 13.3. The van der Waals surface area contributed by atoms with Crippen LogP contribution in [-0.4, -0.2) is 33.4 Å². The molecule has 1 aliphatic rings. The summed E-state index contributed by atoms with van der Waals surface area (Å²) in [5.74, 6) is -2.43. The molecule has 0 unspecified atom stereocenters. The Balaban J connectivity index is 1.46. The van der Waals surface area contributed by atoms with Crippen molar-refractivity contribution in [3.8, 4) is 0 Å². The van der Waals surface area contributed by atoms with E-state index in [1.807, 2.05) is 16.9 Å². The average molecular weight is 406 g/mol. The Bertz CT molecular complexity index is 1010. The van der Waals surface area contributed by atoms with Crippen LogP contribution in [0.5, 0.6) is 0 Å². The molecule has 2 aromatic carbocycles. The zero-order valence-corrected chi connectivity index (χ0v) is 15.7. The first-order valence-corrected chi connectivity index (χ1v) is 10.1. The summed E-state index contributed by atoms with van der Waals surface area (Å²) >= 11 is 0. The number of esters is 1. The quantitative estimate of drug-likeness (QED) is 0.683. The topological polar surface area (TPSA) is 102 Å². The van der Waals surface area contributed by atoms with E-state index in [0.29, 0.717) is 5.69 Å². The number of anilines is 1. The van der Waals surface area contributed by atoms with Gasteiger partial charge < -0.3 is 10.1 Å². The molecule has 0 saturated heterocycles. The second kappa shape index (κ2) is 8.49. The molecule has 9 heteroatoms. The molecular weight excluding hydrogens is 387 g/mol. The molecule has 148 valence electrons. The summed E-state index contributed by atoms with van der Waals surface area (Å²) in [5, 5.41) is 2.63. The number of sulfonamides is 1. The summed E-state index contributed by atoms with van der Waals surface area (Å²) in [6.07, 6.45) is 3.09. The van der Waals surface area contributed by atoms with E-state index in [-0.39, 0.29) is 0 Å². The predicted octanol–water partition coefficient (Wildman–Crippen LogP) is 1.77. The van der Waals surface area contributed by atoms with E-state index in [4.69, 9.17) is 4.74 Å². The molecule has 0 fully saturated rings. The molecule has 1 amide bonds. The number of benzene rings is 2. The summed E-state index contributed by atoms with van der Waals surface area (Å²) in [6.45, 7) is -1.28. The number of amides is 1. The summed E-state index contributed by atoms with van der Waals surface area (Å²) in [5.41, 5.74) is 3.07. The summed E-state index contributed by atoms with van der Waals surface area (Å²) < 4.78 is 44.3. The third-order valence-corrected chi connectivity index (χ3v) is 5.71. The third-order valence-electron chi connectivity index (χ3n) is 4.28. The highest BCUT2D eigenvalue weighted by molar-refractivity contribution is 7.89. The second-order valence-corrected chi connectivity index (χ2v) is 8.04. The average Bonchev–Trinajstić information content (AvgIpc) is 3.13. The summed E-state index contributed by atoms with van der Waals surface area (Å²) in [6, 6.07) is 10.4. The van der Waals surface area contributed by atoms with Crippen molar-refractivity contribution < 1.29 is 27.1 Å². The fourth-order valence-corrected chi connectivity index (χ4v) is 3.98. The normalized spacial score (nSPS) is 13.0. The van der Waals surface area contributed by atoms with Gasteiger partial charge in [0.25, 0.3) is 5.91 Å². The first kappa shape index (κ1) is 20.0. The Morgan fingerprint density at radius 3 is 2.61 bits per heavy atom. The molecule has 0 heterocycles. The van der Waals surface area contributed by atoms with Crippen molar-refractivity contribution in [1.82, 2.24) is 4.72 Å². The summed E-state index contributed by atoms with van der Waals surface area (Å²) in [4.78, 5) is 23.0. The van der Waals surface area contributed by atoms with Crippen molar-refractivity contribution in [3.63, 3.8) is 0 Å². The fourth-order valence-electron chi connectivity index (χ4n) is 2.94. The van der Waals surface area contributed by atoms with Crippen LogP contribution in [0.25, 0.3) is 0 Å². The van der Waals surface area contributed by atoms with Gasteiger partial charge in [0.2, 0.25) is 10.0 Å². The van der Waals surface area contributed by atoms with Crippen molar-refractivity contribution in [1.29, 1.82) is 0 Å². The molecule has 2 aromatic rings. The maximum atomic E-state index is 13.6. The van der Waals surface area contributed by atoms with Gasteiger partial charge in [-0.3, -0.25) is 9.59 Å². The van der Waals surface area contributed by atoms with E-state index < -0.39 is 45.8 Å². The number of halogens is 1. The molecule has 0 bridgehead atoms. The molecule has 3 rings (SSSR count). The van der Waals surface area contributed by atoms with Gasteiger partial charge in [-0.2, -0.15) is 4.72 Å². The lowest BCUT2D eigenvalue weighted by molar-refractivity contribution is -0.146. The molecule has 1 aliphatic carbocycles. The Hall–Kier alpha value is -2.78. The highest BCUT2D eigenvalue weighted by Gasteiger charge is 2.20. The van der Waals surface area contributed by atoms with Crippen LogP contribution in [-0.2, 0) is 37.2 Å². The van der Waals surface area contributed by atoms with Crippen molar-refractivity contribution >= 4 is 27.6 Å². The van der Waals surface area contributed by atoms with Gasteiger partial charge in [0.05, 0.1) is 0 Å². The van der Waals surface area contributed by atoms with Crippen LogP contribution in [0.4, 0.5) is 10.1 Å². The maximum Gasteiger partial charge on any atom is 0.321 e. The predicted molar refractivity (Wildman–Crippen MR) is 99.6 cm³/mol. The molecule has 0 radical (unpaired) electrons. The van der Waals surface area contributed by atoms with Gasteiger partial charge >= 0.3 is 5.97 Å². The molecule has 0 spiro atoms. The Kier molecular flexibility index (Phi) is 6.05. The lowest BCUT2D eigenvalue weighted by Gasteiger charge is -2.09. The van der Waals surface area contributed by atoms with Gasteiger partial charge in [-0.1, -0.05) is 18.2 Å². The first-order valence-electron chi connectivity index (χ1n) is 8.66. The van der Waals surface area contributed by atoms with Crippen LogP contribution in [0.3, 0.4) is 0 Å². The fraction of sp³-hybridized carbons (Fsp3) is 0.263. The third kappa shape index (κ3) is 4.93. The van der Waals surface area contributed by atoms with Crippen LogP contribution >= 0.6 is 0 Å². The van der Waals surface area contributed by atoms with Crippen molar-refractivity contribution in [2.75, 3.05) is 18.5 Å². The molecular formula is C19H19FN2O5S. The number of hydrogen-bond acceptors (Lipinski definition) is 5. The minimum Gasteiger partial charge on any atom is -0.455 e. The number of carbonyl (C=O) groups is 2. The molecule has 7 nitrogen and oxygen atoms in total. The standard InChI is InChI=1S/C19H19FN2O5S/c20-16-6-1-2-7-17(16)28(25,26)21-11-19(24)27-12-18(23)22-15-9-8-13-4-3-5-14(13)10-15/h1-2,6-10,21H,3-5,11-12H2,(H,22,23). The number of carbonyl (C=O) groups excluding carboxylic acids is 2. The van der Waals surface area contributed by atoms with Crippen molar-refractivity contribution in [2.24, 2.45) is 0 Å². The zero-order valence-electron chi connectivity index (χ0n) is 14.9. The Morgan fingerprint density at radius 1 is 1.07 bits per heavy atom. The minimum atomic E-state index is -4.21. The number of ether oxygens (including phenoxy) is 1. The van der Waals surface area contributed by atoms with E-state index in [0.717, 1.165) is 31.4 Å². The largest absolute Gasteiger partial charge is 0.455 e. The van der Waals surface area contributed by atoms with Gasteiger partial charge in [0.15, 0.2) is 6.61 Å². The van der Waals surface area contributed by atoms with Gasteiger partial charge in [0, 0.05) is 5.69 Å². The highest BCUT2D eigenvalue weighted by Crippen LogP contribution is 2.24. The smallest absolute Gasteiger partial charge is 0.321 e. The number of rotatable bonds is 7. The number of nitrogens with one attached hydrogen (secondary N) is 2. The number of fused-ring (bicyclic) bond motifs is 1. The van der Waals surface area contributed by atoms with Gasteiger partial charge in [-0.25, -0.2) is 12.8 Å². The van der Waals surface area contributed by atoms with E-state index in [1.165, 1.54) is 23.3 Å². The van der Waals surface area contributed by atoms with E-state index in [2.05, 4.69) is 5.32 Å². The molecule has 0 aromatic heterocycles. The van der Waals surface area contributed by atoms with Crippen LogP contribution in [0, 0.1) is 5.82 Å². The lowest BCUT2D eigenvalue weighted by Crippen LogP contribution is -2.32. The summed E-state index contributed by atoms with van der Waals surface area (Å²) in [7, 11) is -4.21. The minimum absolute atomic E-state index is 0.539. The molecule has 0 aliphatic heterocycles. The maximum absolute atomic E-state index is 13.6. The van der Waals surface area contributed by atoms with Crippen LogP contribution in [0.15, 0.2) is 47.4 Å². The molecule has 0 atom stereocenters.